The quantitative estimate of drug-likeness (QED) is 0.218. The maximum absolute atomic E-state index is 13.1. The van der Waals surface area contributed by atoms with Crippen LogP contribution in [0.4, 0.5) is 0 Å². The van der Waals surface area contributed by atoms with Gasteiger partial charge in [0.2, 0.25) is 0 Å². The van der Waals surface area contributed by atoms with Gasteiger partial charge in [-0.05, 0) is 43.7 Å². The highest BCUT2D eigenvalue weighted by atomic mass is 32.2. The Morgan fingerprint density at radius 2 is 1.43 bits per heavy atom. The van der Waals surface area contributed by atoms with Gasteiger partial charge in [0.1, 0.15) is 24.6 Å². The van der Waals surface area contributed by atoms with Gasteiger partial charge in [0.15, 0.2) is 11.6 Å². The average molecular weight is 493 g/mol. The van der Waals surface area contributed by atoms with Crippen LogP contribution in [-0.2, 0) is 9.53 Å². The second-order valence-corrected chi connectivity index (χ2v) is 9.41. The van der Waals surface area contributed by atoms with Crippen LogP contribution in [0, 0.1) is 0 Å². The summed E-state index contributed by atoms with van der Waals surface area (Å²) in [6.45, 7) is 3.06. The van der Waals surface area contributed by atoms with Crippen molar-refractivity contribution in [2.75, 3.05) is 19.0 Å². The molecule has 35 heavy (non-hydrogen) atoms. The molecule has 0 aliphatic rings. The van der Waals surface area contributed by atoms with E-state index in [4.69, 9.17) is 9.47 Å². The van der Waals surface area contributed by atoms with Crippen LogP contribution in [0.2, 0.25) is 0 Å². The standard InChI is InChI=1S/C28H28O6S/c1-28(2,32)27(31)22-13-15-23(16-14-22)33-17-18-34-24(29)19-35-26(21-11-7-4-8-12-21)25(30)20-9-5-3-6-10-20/h3-16,26,32H,17-19H2,1-2H3. The SMILES string of the molecule is CC(C)(O)C(=O)c1ccc(OCCOC(=O)CSC(C(=O)c2ccccc2)c2ccccc2)cc1. The summed E-state index contributed by atoms with van der Waals surface area (Å²) in [7, 11) is 0. The van der Waals surface area contributed by atoms with Crippen molar-refractivity contribution in [2.24, 2.45) is 0 Å². The minimum atomic E-state index is -1.44. The van der Waals surface area contributed by atoms with E-state index in [1.807, 2.05) is 48.5 Å². The zero-order valence-corrected chi connectivity index (χ0v) is 20.5. The van der Waals surface area contributed by atoms with Crippen molar-refractivity contribution in [1.29, 1.82) is 0 Å². The van der Waals surface area contributed by atoms with E-state index in [-0.39, 0.29) is 30.5 Å². The summed E-state index contributed by atoms with van der Waals surface area (Å²) in [6.07, 6.45) is 0. The number of thioether (sulfide) groups is 1. The van der Waals surface area contributed by atoms with Gasteiger partial charge in [0.05, 0.1) is 11.0 Å². The maximum Gasteiger partial charge on any atom is 0.316 e. The molecule has 0 aliphatic heterocycles. The van der Waals surface area contributed by atoms with E-state index in [0.29, 0.717) is 16.9 Å². The second-order valence-electron chi connectivity index (χ2n) is 8.31. The van der Waals surface area contributed by atoms with E-state index >= 15 is 0 Å². The van der Waals surface area contributed by atoms with E-state index < -0.39 is 16.8 Å². The number of aliphatic hydroxyl groups is 1. The maximum atomic E-state index is 13.1. The van der Waals surface area contributed by atoms with Gasteiger partial charge >= 0.3 is 5.97 Å². The number of benzene rings is 3. The van der Waals surface area contributed by atoms with Gasteiger partial charge in [-0.15, -0.1) is 11.8 Å². The number of Topliss-reactive ketones (excluding diaryl/α,β-unsaturated/α-hetero) is 2. The highest BCUT2D eigenvalue weighted by molar-refractivity contribution is 8.00. The van der Waals surface area contributed by atoms with E-state index in [1.54, 1.807) is 36.4 Å². The third-order valence-corrected chi connectivity index (χ3v) is 6.28. The van der Waals surface area contributed by atoms with Gasteiger partial charge in [-0.2, -0.15) is 0 Å². The summed E-state index contributed by atoms with van der Waals surface area (Å²) < 4.78 is 10.8. The Morgan fingerprint density at radius 1 is 0.829 bits per heavy atom. The van der Waals surface area contributed by atoms with E-state index in [0.717, 1.165) is 5.56 Å². The highest BCUT2D eigenvalue weighted by Gasteiger charge is 2.25. The van der Waals surface area contributed by atoms with Gasteiger partial charge in [-0.25, -0.2) is 0 Å². The molecular formula is C28H28O6S. The molecule has 1 N–H and O–H groups in total. The van der Waals surface area contributed by atoms with Crippen molar-refractivity contribution in [3.63, 3.8) is 0 Å². The van der Waals surface area contributed by atoms with Crippen molar-refractivity contribution < 1.29 is 29.0 Å². The first-order valence-electron chi connectivity index (χ1n) is 11.2. The molecule has 7 heteroatoms. The normalized spacial score (nSPS) is 12.0. The Balaban J connectivity index is 1.48. The fourth-order valence-corrected chi connectivity index (χ4v) is 4.29. The lowest BCUT2D eigenvalue weighted by molar-refractivity contribution is -0.141. The first-order chi connectivity index (χ1) is 16.8. The Morgan fingerprint density at radius 3 is 2.03 bits per heavy atom. The zero-order valence-electron chi connectivity index (χ0n) is 19.7. The van der Waals surface area contributed by atoms with Crippen LogP contribution >= 0.6 is 11.8 Å². The molecule has 3 rings (SSSR count). The summed E-state index contributed by atoms with van der Waals surface area (Å²) in [4.78, 5) is 37.4. The predicted molar refractivity (Wildman–Crippen MR) is 136 cm³/mol. The van der Waals surface area contributed by atoms with Crippen LogP contribution < -0.4 is 4.74 Å². The zero-order chi connectivity index (χ0) is 25.3. The van der Waals surface area contributed by atoms with E-state index in [2.05, 4.69) is 0 Å². The number of carbonyl (C=O) groups excluding carboxylic acids is 3. The van der Waals surface area contributed by atoms with E-state index in [9.17, 15) is 19.5 Å². The molecule has 0 aromatic heterocycles. The molecule has 0 fully saturated rings. The van der Waals surface area contributed by atoms with Gasteiger partial charge in [0, 0.05) is 11.1 Å². The molecule has 0 bridgehead atoms. The molecule has 182 valence electrons. The molecule has 0 aliphatic carbocycles. The molecule has 6 nitrogen and oxygen atoms in total. The summed E-state index contributed by atoms with van der Waals surface area (Å²) in [6, 6.07) is 24.8. The van der Waals surface area contributed by atoms with Crippen LogP contribution in [0.25, 0.3) is 0 Å². The number of hydrogen-bond acceptors (Lipinski definition) is 7. The average Bonchev–Trinajstić information content (AvgIpc) is 2.87. The molecule has 3 aromatic carbocycles. The smallest absolute Gasteiger partial charge is 0.316 e. The van der Waals surface area contributed by atoms with Crippen LogP contribution in [0.3, 0.4) is 0 Å². The van der Waals surface area contributed by atoms with Crippen LogP contribution in [-0.4, -0.2) is 47.2 Å². The van der Waals surface area contributed by atoms with Gasteiger partial charge in [-0.1, -0.05) is 60.7 Å². The number of ketones is 2. The molecule has 0 heterocycles. The third-order valence-electron chi connectivity index (χ3n) is 5.05. The van der Waals surface area contributed by atoms with Crippen molar-refractivity contribution in [2.45, 2.75) is 24.7 Å². The molecule has 0 spiro atoms. The lowest BCUT2D eigenvalue weighted by Gasteiger charge is -2.16. The first kappa shape index (κ1) is 26.2. The molecule has 3 aromatic rings. The van der Waals surface area contributed by atoms with Crippen LogP contribution in [0.15, 0.2) is 84.9 Å². The Hall–Kier alpha value is -3.42. The number of hydrogen-bond donors (Lipinski definition) is 1. The van der Waals surface area contributed by atoms with Crippen molar-refractivity contribution >= 4 is 29.3 Å². The molecule has 1 unspecified atom stereocenters. The molecule has 0 saturated carbocycles. The van der Waals surface area contributed by atoms with E-state index in [1.165, 1.54) is 25.6 Å². The number of carbonyl (C=O) groups is 3. The van der Waals surface area contributed by atoms with Gasteiger partial charge in [0.25, 0.3) is 0 Å². The minimum absolute atomic E-state index is 0.0197. The van der Waals surface area contributed by atoms with Gasteiger partial charge < -0.3 is 14.6 Å². The fraction of sp³-hybridized carbons (Fsp3) is 0.250. The fourth-order valence-electron chi connectivity index (χ4n) is 3.27. The van der Waals surface area contributed by atoms with Crippen molar-refractivity contribution in [3.8, 4) is 5.75 Å². The monoisotopic (exact) mass is 492 g/mol. The Labute approximate surface area is 209 Å². The molecule has 0 amide bonds. The van der Waals surface area contributed by atoms with Crippen LogP contribution in [0.1, 0.15) is 45.4 Å². The van der Waals surface area contributed by atoms with Gasteiger partial charge in [-0.3, -0.25) is 14.4 Å². The predicted octanol–water partition coefficient (Wildman–Crippen LogP) is 4.92. The lowest BCUT2D eigenvalue weighted by atomic mass is 9.97. The lowest BCUT2D eigenvalue weighted by Crippen LogP contribution is -2.30. The molecule has 0 radical (unpaired) electrons. The minimum Gasteiger partial charge on any atom is -0.490 e. The molecule has 0 saturated heterocycles. The topological polar surface area (TPSA) is 89.9 Å². The number of rotatable bonds is 12. The summed E-state index contributed by atoms with van der Waals surface area (Å²) in [5, 5.41) is 9.29. The summed E-state index contributed by atoms with van der Waals surface area (Å²) in [5.41, 5.74) is 0.353. The van der Waals surface area contributed by atoms with Crippen LogP contribution in [0.5, 0.6) is 5.75 Å². The highest BCUT2D eigenvalue weighted by Crippen LogP contribution is 2.32. The number of ether oxygens (including phenoxy) is 2. The largest absolute Gasteiger partial charge is 0.490 e. The van der Waals surface area contributed by atoms with Crippen molar-refractivity contribution in [3.05, 3.63) is 102 Å². The second kappa shape index (κ2) is 12.3. The molecular weight excluding hydrogens is 464 g/mol. The number of esters is 1. The molecule has 1 atom stereocenters. The Kier molecular flexibility index (Phi) is 9.23. The summed E-state index contributed by atoms with van der Waals surface area (Å²) in [5.74, 6) is -0.349. The summed E-state index contributed by atoms with van der Waals surface area (Å²) >= 11 is 1.23. The van der Waals surface area contributed by atoms with Crippen molar-refractivity contribution in [1.82, 2.24) is 0 Å². The Bertz CT molecular complexity index is 1120. The first-order valence-corrected chi connectivity index (χ1v) is 12.2. The third kappa shape index (κ3) is 7.80.